The van der Waals surface area contributed by atoms with E-state index in [2.05, 4.69) is 26.2 Å². The SMILES string of the molecule is CC(=O)Nc1[nH]c(C(C)=O)cc1Br. The van der Waals surface area contributed by atoms with Gasteiger partial charge in [0.25, 0.3) is 0 Å². The van der Waals surface area contributed by atoms with E-state index >= 15 is 0 Å². The van der Waals surface area contributed by atoms with Crippen molar-refractivity contribution in [1.82, 2.24) is 4.98 Å². The molecule has 0 saturated carbocycles. The number of hydrogen-bond acceptors (Lipinski definition) is 2. The number of halogens is 1. The summed E-state index contributed by atoms with van der Waals surface area (Å²) in [7, 11) is 0. The van der Waals surface area contributed by atoms with E-state index in [-0.39, 0.29) is 11.7 Å². The number of aromatic nitrogens is 1. The second-order valence-corrected chi connectivity index (χ2v) is 3.50. The smallest absolute Gasteiger partial charge is 0.222 e. The van der Waals surface area contributed by atoms with Crippen molar-refractivity contribution in [2.45, 2.75) is 13.8 Å². The summed E-state index contributed by atoms with van der Waals surface area (Å²) < 4.78 is 0.674. The van der Waals surface area contributed by atoms with Gasteiger partial charge in [0.05, 0.1) is 10.2 Å². The van der Waals surface area contributed by atoms with E-state index in [1.165, 1.54) is 13.8 Å². The molecule has 13 heavy (non-hydrogen) atoms. The number of hydrogen-bond donors (Lipinski definition) is 2. The summed E-state index contributed by atoms with van der Waals surface area (Å²) in [5, 5.41) is 2.55. The molecule has 0 aliphatic carbocycles. The molecule has 0 aromatic carbocycles. The molecule has 1 aromatic heterocycles. The lowest BCUT2D eigenvalue weighted by atomic mass is 10.3. The standard InChI is InChI=1S/C8H9BrN2O2/c1-4(12)7-3-6(9)8(11-7)10-5(2)13/h3,11H,1-2H3,(H,10,13). The van der Waals surface area contributed by atoms with E-state index in [1.807, 2.05) is 0 Å². The molecule has 4 nitrogen and oxygen atoms in total. The molecular formula is C8H9BrN2O2. The molecule has 0 radical (unpaired) electrons. The number of Topliss-reactive ketones (excluding diaryl/α,β-unsaturated/α-hetero) is 1. The zero-order chi connectivity index (χ0) is 10.0. The molecular weight excluding hydrogens is 236 g/mol. The highest BCUT2D eigenvalue weighted by Crippen LogP contribution is 2.22. The summed E-state index contributed by atoms with van der Waals surface area (Å²) in [6, 6.07) is 1.63. The van der Waals surface area contributed by atoms with Crippen molar-refractivity contribution in [1.29, 1.82) is 0 Å². The predicted molar refractivity (Wildman–Crippen MR) is 52.8 cm³/mol. The van der Waals surface area contributed by atoms with Crippen LogP contribution in [0.3, 0.4) is 0 Å². The van der Waals surface area contributed by atoms with Crippen LogP contribution in [0.15, 0.2) is 10.5 Å². The Bertz CT molecular complexity index is 357. The van der Waals surface area contributed by atoms with Crippen molar-refractivity contribution < 1.29 is 9.59 Å². The van der Waals surface area contributed by atoms with Gasteiger partial charge in [0, 0.05) is 13.8 Å². The zero-order valence-corrected chi connectivity index (χ0v) is 8.86. The van der Waals surface area contributed by atoms with Gasteiger partial charge in [-0.15, -0.1) is 0 Å². The lowest BCUT2D eigenvalue weighted by Crippen LogP contribution is -2.06. The minimum atomic E-state index is -0.183. The summed E-state index contributed by atoms with van der Waals surface area (Å²) in [6.45, 7) is 2.86. The highest BCUT2D eigenvalue weighted by molar-refractivity contribution is 9.10. The van der Waals surface area contributed by atoms with Crippen LogP contribution in [-0.2, 0) is 4.79 Å². The second kappa shape index (κ2) is 3.74. The summed E-state index contributed by atoms with van der Waals surface area (Å²) in [6.07, 6.45) is 0. The number of H-pyrrole nitrogens is 1. The summed E-state index contributed by atoms with van der Waals surface area (Å²) >= 11 is 3.22. The number of nitrogens with one attached hydrogen (secondary N) is 2. The van der Waals surface area contributed by atoms with Crippen LogP contribution in [0.25, 0.3) is 0 Å². The Balaban J connectivity index is 2.96. The van der Waals surface area contributed by atoms with Gasteiger partial charge >= 0.3 is 0 Å². The number of rotatable bonds is 2. The Kier molecular flexibility index (Phi) is 2.87. The van der Waals surface area contributed by atoms with Crippen molar-refractivity contribution >= 4 is 33.4 Å². The van der Waals surface area contributed by atoms with Gasteiger partial charge in [0.15, 0.2) is 5.78 Å². The fraction of sp³-hybridized carbons (Fsp3) is 0.250. The van der Waals surface area contributed by atoms with Gasteiger partial charge in [-0.1, -0.05) is 0 Å². The average molecular weight is 245 g/mol. The number of carbonyl (C=O) groups excluding carboxylic acids is 2. The van der Waals surface area contributed by atoms with Crippen molar-refractivity contribution in [3.05, 3.63) is 16.2 Å². The van der Waals surface area contributed by atoms with Crippen LogP contribution in [0.1, 0.15) is 24.3 Å². The first-order valence-corrected chi connectivity index (χ1v) is 4.47. The van der Waals surface area contributed by atoms with E-state index in [1.54, 1.807) is 6.07 Å². The van der Waals surface area contributed by atoms with Crippen LogP contribution in [0, 0.1) is 0 Å². The molecule has 1 heterocycles. The van der Waals surface area contributed by atoms with Crippen LogP contribution in [0.4, 0.5) is 5.82 Å². The van der Waals surface area contributed by atoms with Gasteiger partial charge in [-0.05, 0) is 22.0 Å². The monoisotopic (exact) mass is 244 g/mol. The maximum absolute atomic E-state index is 10.9. The van der Waals surface area contributed by atoms with Crippen molar-refractivity contribution in [3.63, 3.8) is 0 Å². The van der Waals surface area contributed by atoms with Gasteiger partial charge in [-0.25, -0.2) is 0 Å². The fourth-order valence-corrected chi connectivity index (χ4v) is 1.31. The molecule has 0 unspecified atom stereocenters. The lowest BCUT2D eigenvalue weighted by molar-refractivity contribution is -0.114. The van der Waals surface area contributed by atoms with Crippen LogP contribution < -0.4 is 5.32 Å². The largest absolute Gasteiger partial charge is 0.338 e. The van der Waals surface area contributed by atoms with Gasteiger partial charge in [-0.3, -0.25) is 9.59 Å². The number of carbonyl (C=O) groups is 2. The first kappa shape index (κ1) is 9.98. The highest BCUT2D eigenvalue weighted by Gasteiger charge is 2.09. The van der Waals surface area contributed by atoms with E-state index in [0.717, 1.165) is 0 Å². The molecule has 0 fully saturated rings. The van der Waals surface area contributed by atoms with E-state index in [4.69, 9.17) is 0 Å². The maximum atomic E-state index is 10.9. The normalized spacial score (nSPS) is 9.77. The molecule has 0 spiro atoms. The Morgan fingerprint density at radius 3 is 2.46 bits per heavy atom. The maximum Gasteiger partial charge on any atom is 0.222 e. The Labute approximate surface area is 83.8 Å². The summed E-state index contributed by atoms with van der Waals surface area (Å²) in [5.74, 6) is 0.257. The topological polar surface area (TPSA) is 62.0 Å². The van der Waals surface area contributed by atoms with Gasteiger partial charge in [-0.2, -0.15) is 0 Å². The first-order valence-electron chi connectivity index (χ1n) is 3.67. The molecule has 1 rings (SSSR count). The fourth-order valence-electron chi connectivity index (χ4n) is 0.886. The minimum absolute atomic E-state index is 0.0719. The molecule has 0 bridgehead atoms. The Morgan fingerprint density at radius 2 is 2.08 bits per heavy atom. The summed E-state index contributed by atoms with van der Waals surface area (Å²) in [4.78, 5) is 24.4. The van der Waals surface area contributed by atoms with Crippen molar-refractivity contribution in [2.24, 2.45) is 0 Å². The molecule has 2 N–H and O–H groups in total. The van der Waals surface area contributed by atoms with Gasteiger partial charge < -0.3 is 10.3 Å². The van der Waals surface area contributed by atoms with Crippen LogP contribution in [-0.4, -0.2) is 16.7 Å². The zero-order valence-electron chi connectivity index (χ0n) is 7.27. The van der Waals surface area contributed by atoms with Crippen LogP contribution in [0.2, 0.25) is 0 Å². The minimum Gasteiger partial charge on any atom is -0.338 e. The molecule has 1 aromatic rings. The quantitative estimate of drug-likeness (QED) is 0.782. The third-order valence-corrected chi connectivity index (χ3v) is 2.08. The number of amides is 1. The van der Waals surface area contributed by atoms with Crippen molar-refractivity contribution in [3.8, 4) is 0 Å². The van der Waals surface area contributed by atoms with E-state index in [9.17, 15) is 9.59 Å². The van der Waals surface area contributed by atoms with Gasteiger partial charge in [0.1, 0.15) is 5.82 Å². The predicted octanol–water partition coefficient (Wildman–Crippen LogP) is 1.94. The number of aromatic amines is 1. The highest BCUT2D eigenvalue weighted by atomic mass is 79.9. The number of anilines is 1. The molecule has 0 atom stereocenters. The molecule has 70 valence electrons. The van der Waals surface area contributed by atoms with E-state index < -0.39 is 0 Å². The first-order chi connectivity index (χ1) is 6.00. The molecule has 0 aliphatic rings. The van der Waals surface area contributed by atoms with Crippen LogP contribution >= 0.6 is 15.9 Å². The molecule has 0 saturated heterocycles. The third-order valence-electron chi connectivity index (χ3n) is 1.45. The lowest BCUT2D eigenvalue weighted by Gasteiger charge is -1.97. The Hall–Kier alpha value is -1.10. The van der Waals surface area contributed by atoms with Gasteiger partial charge in [0.2, 0.25) is 5.91 Å². The average Bonchev–Trinajstić information content (AvgIpc) is 2.31. The molecule has 0 aliphatic heterocycles. The molecule has 1 amide bonds. The Morgan fingerprint density at radius 1 is 1.46 bits per heavy atom. The third kappa shape index (κ3) is 2.42. The number of ketones is 1. The summed E-state index contributed by atoms with van der Waals surface area (Å²) in [5.41, 5.74) is 0.468. The molecule has 5 heteroatoms. The van der Waals surface area contributed by atoms with E-state index in [0.29, 0.717) is 16.0 Å². The second-order valence-electron chi connectivity index (χ2n) is 2.64. The van der Waals surface area contributed by atoms with Crippen molar-refractivity contribution in [2.75, 3.05) is 5.32 Å². The van der Waals surface area contributed by atoms with Crippen LogP contribution in [0.5, 0.6) is 0 Å².